The van der Waals surface area contributed by atoms with E-state index in [1.165, 1.54) is 6.07 Å². The summed E-state index contributed by atoms with van der Waals surface area (Å²) in [5.41, 5.74) is 1.48. The van der Waals surface area contributed by atoms with E-state index >= 15 is 0 Å². The topological polar surface area (TPSA) is 63.1 Å². The minimum atomic E-state index is -1.02. The quantitative estimate of drug-likeness (QED) is 0.931. The van der Waals surface area contributed by atoms with Crippen LogP contribution in [0.25, 0.3) is 0 Å². The number of carboxylic acid groups (broad SMARTS) is 1. The summed E-state index contributed by atoms with van der Waals surface area (Å²) in [6.07, 6.45) is 0.0674. The van der Waals surface area contributed by atoms with Crippen LogP contribution in [0.5, 0.6) is 0 Å². The van der Waals surface area contributed by atoms with Crippen molar-refractivity contribution in [2.24, 2.45) is 0 Å². The third kappa shape index (κ3) is 3.17. The highest BCUT2D eigenvalue weighted by atomic mass is 19.1. The largest absolute Gasteiger partial charge is 0.481 e. The van der Waals surface area contributed by atoms with Gasteiger partial charge in [-0.1, -0.05) is 18.2 Å². The first-order chi connectivity index (χ1) is 9.47. The molecule has 1 aromatic carbocycles. The lowest BCUT2D eigenvalue weighted by atomic mass is 9.95. The molecule has 0 radical (unpaired) electrons. The van der Waals surface area contributed by atoms with E-state index in [1.54, 1.807) is 38.1 Å². The van der Waals surface area contributed by atoms with Crippen molar-refractivity contribution in [1.29, 1.82) is 0 Å². The Kier molecular flexibility index (Phi) is 4.08. The van der Waals surface area contributed by atoms with E-state index in [9.17, 15) is 14.3 Å². The predicted molar refractivity (Wildman–Crippen MR) is 72.0 cm³/mol. The Morgan fingerprint density at radius 2 is 2.00 bits per heavy atom. The molecule has 0 aliphatic carbocycles. The zero-order valence-electron chi connectivity index (χ0n) is 11.3. The average Bonchev–Trinajstić information content (AvgIpc) is 2.36. The molecule has 1 aromatic heterocycles. The van der Waals surface area contributed by atoms with Gasteiger partial charge in [0, 0.05) is 5.69 Å². The number of hydrogen-bond acceptors (Lipinski definition) is 3. The number of aryl methyl sites for hydroxylation is 2. The Hall–Kier alpha value is -2.30. The maximum absolute atomic E-state index is 13.7. The van der Waals surface area contributed by atoms with Gasteiger partial charge in [-0.25, -0.2) is 14.4 Å². The maximum Gasteiger partial charge on any atom is 0.312 e. The minimum absolute atomic E-state index is 0.0674. The highest BCUT2D eigenvalue weighted by molar-refractivity contribution is 5.75. The third-order valence-electron chi connectivity index (χ3n) is 3.02. The summed E-state index contributed by atoms with van der Waals surface area (Å²) in [5.74, 6) is -1.79. The molecule has 2 aromatic rings. The molecule has 0 fully saturated rings. The van der Waals surface area contributed by atoms with Crippen molar-refractivity contribution >= 4 is 5.97 Å². The van der Waals surface area contributed by atoms with E-state index in [0.29, 0.717) is 22.8 Å². The van der Waals surface area contributed by atoms with Gasteiger partial charge in [0.2, 0.25) is 0 Å². The number of benzene rings is 1. The molecule has 4 nitrogen and oxygen atoms in total. The fraction of sp³-hybridized carbons (Fsp3) is 0.267. The fourth-order valence-corrected chi connectivity index (χ4v) is 2.13. The molecule has 0 spiro atoms. The summed E-state index contributed by atoms with van der Waals surface area (Å²) in [6, 6.07) is 7.81. The molecule has 0 saturated carbocycles. The second kappa shape index (κ2) is 5.77. The van der Waals surface area contributed by atoms with Gasteiger partial charge in [0.15, 0.2) is 0 Å². The SMILES string of the molecule is Cc1cc(C(Cc2ccccc2F)C(=O)O)nc(C)n1. The van der Waals surface area contributed by atoms with Gasteiger partial charge in [-0.3, -0.25) is 4.79 Å². The molecule has 0 bridgehead atoms. The van der Waals surface area contributed by atoms with Crippen molar-refractivity contribution in [3.63, 3.8) is 0 Å². The Morgan fingerprint density at radius 1 is 1.30 bits per heavy atom. The van der Waals surface area contributed by atoms with E-state index in [0.717, 1.165) is 0 Å². The average molecular weight is 274 g/mol. The highest BCUT2D eigenvalue weighted by Gasteiger charge is 2.23. The first kappa shape index (κ1) is 14.1. The summed E-state index contributed by atoms with van der Waals surface area (Å²) in [7, 11) is 0. The number of carbonyl (C=O) groups is 1. The van der Waals surface area contributed by atoms with Crippen molar-refractivity contribution in [2.75, 3.05) is 0 Å². The summed E-state index contributed by atoms with van der Waals surface area (Å²) in [4.78, 5) is 19.7. The van der Waals surface area contributed by atoms with Crippen molar-refractivity contribution in [1.82, 2.24) is 9.97 Å². The van der Waals surface area contributed by atoms with Crippen molar-refractivity contribution < 1.29 is 14.3 Å². The molecule has 2 rings (SSSR count). The smallest absolute Gasteiger partial charge is 0.312 e. The zero-order chi connectivity index (χ0) is 14.7. The highest BCUT2D eigenvalue weighted by Crippen LogP contribution is 2.22. The van der Waals surface area contributed by atoms with Crippen LogP contribution in [0.3, 0.4) is 0 Å². The predicted octanol–water partition coefficient (Wildman–Crippen LogP) is 2.64. The molecule has 104 valence electrons. The minimum Gasteiger partial charge on any atom is -0.481 e. The van der Waals surface area contributed by atoms with E-state index in [1.807, 2.05) is 0 Å². The number of aliphatic carboxylic acids is 1. The van der Waals surface area contributed by atoms with Gasteiger partial charge >= 0.3 is 5.97 Å². The van der Waals surface area contributed by atoms with Crippen LogP contribution in [0.4, 0.5) is 4.39 Å². The van der Waals surface area contributed by atoms with Crippen LogP contribution in [0.1, 0.15) is 28.7 Å². The number of halogens is 1. The van der Waals surface area contributed by atoms with Gasteiger partial charge < -0.3 is 5.11 Å². The van der Waals surface area contributed by atoms with Gasteiger partial charge in [0.1, 0.15) is 17.6 Å². The number of aromatic nitrogens is 2. The molecule has 1 heterocycles. The van der Waals surface area contributed by atoms with Crippen molar-refractivity contribution in [2.45, 2.75) is 26.2 Å². The third-order valence-corrected chi connectivity index (χ3v) is 3.02. The molecular formula is C15H15FN2O2. The first-order valence-corrected chi connectivity index (χ1v) is 6.25. The molecule has 0 aliphatic rings. The van der Waals surface area contributed by atoms with Crippen LogP contribution in [-0.4, -0.2) is 21.0 Å². The molecule has 0 saturated heterocycles. The normalized spacial score (nSPS) is 12.2. The van der Waals surface area contributed by atoms with Crippen molar-refractivity contribution in [3.05, 3.63) is 58.9 Å². The molecule has 1 N–H and O–H groups in total. The van der Waals surface area contributed by atoms with E-state index < -0.39 is 17.7 Å². The molecular weight excluding hydrogens is 259 g/mol. The maximum atomic E-state index is 13.7. The van der Waals surface area contributed by atoms with Crippen LogP contribution in [0.2, 0.25) is 0 Å². The number of hydrogen-bond donors (Lipinski definition) is 1. The van der Waals surface area contributed by atoms with Crippen molar-refractivity contribution in [3.8, 4) is 0 Å². The fourth-order valence-electron chi connectivity index (χ4n) is 2.13. The van der Waals surface area contributed by atoms with Crippen LogP contribution >= 0.6 is 0 Å². The summed E-state index contributed by atoms with van der Waals surface area (Å²) in [6.45, 7) is 3.48. The van der Waals surface area contributed by atoms with Gasteiger partial charge in [-0.05, 0) is 38.0 Å². The van der Waals surface area contributed by atoms with Crippen LogP contribution in [-0.2, 0) is 11.2 Å². The molecule has 1 unspecified atom stereocenters. The molecule has 0 amide bonds. The van der Waals surface area contributed by atoms with Crippen LogP contribution in [0.15, 0.2) is 30.3 Å². The van der Waals surface area contributed by atoms with Gasteiger partial charge in [-0.15, -0.1) is 0 Å². The van der Waals surface area contributed by atoms with E-state index in [2.05, 4.69) is 9.97 Å². The monoisotopic (exact) mass is 274 g/mol. The first-order valence-electron chi connectivity index (χ1n) is 6.25. The zero-order valence-corrected chi connectivity index (χ0v) is 11.3. The number of carboxylic acids is 1. The molecule has 1 atom stereocenters. The Bertz CT molecular complexity index is 623. The number of nitrogens with zero attached hydrogens (tertiary/aromatic N) is 2. The lowest BCUT2D eigenvalue weighted by Gasteiger charge is -2.13. The van der Waals surface area contributed by atoms with Crippen LogP contribution in [0, 0.1) is 19.7 Å². The Balaban J connectivity index is 2.37. The lowest BCUT2D eigenvalue weighted by Crippen LogP contribution is -2.17. The van der Waals surface area contributed by atoms with Crippen LogP contribution < -0.4 is 0 Å². The van der Waals surface area contributed by atoms with Gasteiger partial charge in [0.05, 0.1) is 5.69 Å². The van der Waals surface area contributed by atoms with E-state index in [-0.39, 0.29) is 6.42 Å². The Labute approximate surface area is 116 Å². The summed E-state index contributed by atoms with van der Waals surface area (Å²) >= 11 is 0. The lowest BCUT2D eigenvalue weighted by molar-refractivity contribution is -0.138. The number of rotatable bonds is 4. The Morgan fingerprint density at radius 3 is 2.60 bits per heavy atom. The molecule has 20 heavy (non-hydrogen) atoms. The second-order valence-corrected chi connectivity index (χ2v) is 4.67. The standard InChI is InChI=1S/C15H15FN2O2/c1-9-7-14(18-10(2)17-9)12(15(19)20)8-11-5-3-4-6-13(11)16/h3-7,12H,8H2,1-2H3,(H,19,20). The summed E-state index contributed by atoms with van der Waals surface area (Å²) < 4.78 is 13.7. The van der Waals surface area contributed by atoms with E-state index in [4.69, 9.17) is 0 Å². The van der Waals surface area contributed by atoms with Gasteiger partial charge in [0.25, 0.3) is 0 Å². The second-order valence-electron chi connectivity index (χ2n) is 4.67. The summed E-state index contributed by atoms with van der Waals surface area (Å²) in [5, 5.41) is 9.38. The molecule has 0 aliphatic heterocycles. The molecule has 5 heteroatoms. The van der Waals surface area contributed by atoms with Gasteiger partial charge in [-0.2, -0.15) is 0 Å².